The van der Waals surface area contributed by atoms with Crippen molar-refractivity contribution in [3.8, 4) is 0 Å². The average Bonchev–Trinajstić information content (AvgIpc) is 3.02. The van der Waals surface area contributed by atoms with Gasteiger partial charge in [-0.25, -0.2) is 9.50 Å². The highest BCUT2D eigenvalue weighted by molar-refractivity contribution is 5.79. The first-order chi connectivity index (χ1) is 11.7. The first-order valence-electron chi connectivity index (χ1n) is 9.36. The Balaban J connectivity index is 1.67. The van der Waals surface area contributed by atoms with Crippen molar-refractivity contribution in [2.75, 3.05) is 6.54 Å². The molecule has 2 aromatic rings. The number of aromatic nitrogens is 3. The van der Waals surface area contributed by atoms with E-state index in [-0.39, 0.29) is 12.0 Å². The molecule has 2 aliphatic rings. The molecule has 5 nitrogen and oxygen atoms in total. The summed E-state index contributed by atoms with van der Waals surface area (Å²) in [5.74, 6) is 0.601. The van der Waals surface area contributed by atoms with Crippen LogP contribution in [0.4, 0.5) is 0 Å². The lowest BCUT2D eigenvalue weighted by Crippen LogP contribution is -2.43. The first kappa shape index (κ1) is 15.6. The van der Waals surface area contributed by atoms with E-state index in [1.165, 1.54) is 25.7 Å². The molecule has 1 unspecified atom stereocenters. The van der Waals surface area contributed by atoms with Crippen LogP contribution in [-0.2, 0) is 4.79 Å². The number of fused-ring (bicyclic) bond motifs is 1. The van der Waals surface area contributed by atoms with Crippen LogP contribution in [0.5, 0.6) is 0 Å². The van der Waals surface area contributed by atoms with E-state index in [0.29, 0.717) is 5.91 Å². The molecule has 0 bridgehead atoms. The summed E-state index contributed by atoms with van der Waals surface area (Å²) in [5.41, 5.74) is 2.95. The Hall–Kier alpha value is -1.91. The Morgan fingerprint density at radius 3 is 2.75 bits per heavy atom. The molecule has 1 saturated heterocycles. The lowest BCUT2D eigenvalue weighted by atomic mass is 9.86. The number of hydrogen-bond donors (Lipinski definition) is 0. The number of likely N-dealkylation sites (tertiary alicyclic amines) is 1. The SMILES string of the molecule is Cc1cc2nccc(C3CCCCN3C(=O)C3CCCCC3)n2n1. The fourth-order valence-electron chi connectivity index (χ4n) is 4.37. The van der Waals surface area contributed by atoms with Gasteiger partial charge >= 0.3 is 0 Å². The second-order valence-electron chi connectivity index (χ2n) is 7.30. The van der Waals surface area contributed by atoms with E-state index in [4.69, 9.17) is 0 Å². The first-order valence-corrected chi connectivity index (χ1v) is 9.36. The number of carbonyl (C=O) groups is 1. The van der Waals surface area contributed by atoms with Crippen LogP contribution in [0, 0.1) is 12.8 Å². The normalized spacial score (nSPS) is 22.9. The van der Waals surface area contributed by atoms with Gasteiger partial charge < -0.3 is 4.90 Å². The third-order valence-electron chi connectivity index (χ3n) is 5.59. The number of carbonyl (C=O) groups excluding carboxylic acids is 1. The Kier molecular flexibility index (Phi) is 4.25. The van der Waals surface area contributed by atoms with Crippen molar-refractivity contribution in [1.29, 1.82) is 0 Å². The number of hydrogen-bond acceptors (Lipinski definition) is 3. The minimum atomic E-state index is 0.137. The largest absolute Gasteiger partial charge is 0.334 e. The van der Waals surface area contributed by atoms with E-state index < -0.39 is 0 Å². The van der Waals surface area contributed by atoms with Crippen molar-refractivity contribution in [3.63, 3.8) is 0 Å². The molecule has 128 valence electrons. The van der Waals surface area contributed by atoms with Gasteiger partial charge in [0.1, 0.15) is 0 Å². The van der Waals surface area contributed by atoms with Gasteiger partial charge in [-0.1, -0.05) is 19.3 Å². The minimum absolute atomic E-state index is 0.137. The molecule has 2 aromatic heterocycles. The molecule has 3 heterocycles. The Bertz CT molecular complexity index is 732. The molecule has 1 aliphatic carbocycles. The van der Waals surface area contributed by atoms with E-state index in [1.807, 2.05) is 29.8 Å². The van der Waals surface area contributed by atoms with Gasteiger partial charge in [0.15, 0.2) is 5.65 Å². The summed E-state index contributed by atoms with van der Waals surface area (Å²) >= 11 is 0. The molecule has 1 aliphatic heterocycles. The summed E-state index contributed by atoms with van der Waals surface area (Å²) in [5, 5.41) is 4.61. The van der Waals surface area contributed by atoms with Gasteiger partial charge in [0, 0.05) is 24.7 Å². The van der Waals surface area contributed by atoms with Crippen molar-refractivity contribution in [2.24, 2.45) is 5.92 Å². The number of aryl methyl sites for hydroxylation is 1. The summed E-state index contributed by atoms with van der Waals surface area (Å²) in [7, 11) is 0. The Morgan fingerprint density at radius 2 is 1.92 bits per heavy atom. The predicted molar refractivity (Wildman–Crippen MR) is 92.6 cm³/mol. The summed E-state index contributed by atoms with van der Waals surface area (Å²) in [6.45, 7) is 2.87. The van der Waals surface area contributed by atoms with E-state index in [1.54, 1.807) is 0 Å². The number of piperidine rings is 1. The van der Waals surface area contributed by atoms with Crippen molar-refractivity contribution in [2.45, 2.75) is 64.3 Å². The number of amides is 1. The van der Waals surface area contributed by atoms with E-state index in [2.05, 4.69) is 15.0 Å². The highest BCUT2D eigenvalue weighted by atomic mass is 16.2. The van der Waals surface area contributed by atoms with Crippen LogP contribution in [0.25, 0.3) is 5.65 Å². The Morgan fingerprint density at radius 1 is 1.12 bits per heavy atom. The molecular weight excluding hydrogens is 300 g/mol. The van der Waals surface area contributed by atoms with Gasteiger partial charge in [-0.2, -0.15) is 5.10 Å². The second kappa shape index (κ2) is 6.54. The summed E-state index contributed by atoms with van der Waals surface area (Å²) in [4.78, 5) is 19.7. The van der Waals surface area contributed by atoms with E-state index in [9.17, 15) is 4.79 Å². The van der Waals surface area contributed by atoms with E-state index >= 15 is 0 Å². The molecule has 0 spiro atoms. The highest BCUT2D eigenvalue weighted by Crippen LogP contribution is 2.34. The second-order valence-corrected chi connectivity index (χ2v) is 7.30. The summed E-state index contributed by atoms with van der Waals surface area (Å²) in [6, 6.07) is 4.17. The lowest BCUT2D eigenvalue weighted by Gasteiger charge is -2.38. The molecular formula is C19H26N4O. The van der Waals surface area contributed by atoms with Crippen LogP contribution >= 0.6 is 0 Å². The Labute approximate surface area is 143 Å². The van der Waals surface area contributed by atoms with Crippen molar-refractivity contribution < 1.29 is 4.79 Å². The molecule has 0 radical (unpaired) electrons. The van der Waals surface area contributed by atoms with Crippen molar-refractivity contribution >= 4 is 11.6 Å². The molecule has 5 heteroatoms. The molecule has 1 amide bonds. The maximum atomic E-state index is 13.2. The van der Waals surface area contributed by atoms with Gasteiger partial charge in [0.25, 0.3) is 0 Å². The number of rotatable bonds is 2. The third kappa shape index (κ3) is 2.80. The maximum Gasteiger partial charge on any atom is 0.226 e. The molecule has 1 saturated carbocycles. The summed E-state index contributed by atoms with van der Waals surface area (Å²) in [6.07, 6.45) is 11.0. The fourth-order valence-corrected chi connectivity index (χ4v) is 4.37. The fraction of sp³-hybridized carbons (Fsp3) is 0.632. The predicted octanol–water partition coefficient (Wildman–Crippen LogP) is 3.67. The molecule has 24 heavy (non-hydrogen) atoms. The van der Waals surface area contributed by atoms with Gasteiger partial charge in [-0.15, -0.1) is 0 Å². The zero-order valence-electron chi connectivity index (χ0n) is 14.4. The molecule has 0 N–H and O–H groups in total. The molecule has 1 atom stereocenters. The monoisotopic (exact) mass is 326 g/mol. The zero-order chi connectivity index (χ0) is 16.5. The van der Waals surface area contributed by atoms with Crippen molar-refractivity contribution in [1.82, 2.24) is 19.5 Å². The quantitative estimate of drug-likeness (QED) is 0.846. The molecule has 0 aromatic carbocycles. The standard InChI is InChI=1S/C19H26N4O/c1-14-13-18-20-11-10-17(23(18)21-14)16-9-5-6-12-22(16)19(24)15-7-3-2-4-8-15/h10-11,13,15-16H,2-9,12H2,1H3. The van der Waals surface area contributed by atoms with Crippen LogP contribution in [0.15, 0.2) is 18.3 Å². The van der Waals surface area contributed by atoms with Crippen LogP contribution in [0.1, 0.15) is 68.8 Å². The van der Waals surface area contributed by atoms with Crippen LogP contribution in [0.3, 0.4) is 0 Å². The lowest BCUT2D eigenvalue weighted by molar-refractivity contribution is -0.140. The minimum Gasteiger partial charge on any atom is -0.334 e. The van der Waals surface area contributed by atoms with Gasteiger partial charge in [-0.3, -0.25) is 4.79 Å². The molecule has 4 rings (SSSR count). The maximum absolute atomic E-state index is 13.2. The van der Waals surface area contributed by atoms with Crippen molar-refractivity contribution in [3.05, 3.63) is 29.7 Å². The topological polar surface area (TPSA) is 50.5 Å². The van der Waals surface area contributed by atoms with Crippen LogP contribution < -0.4 is 0 Å². The number of nitrogens with zero attached hydrogens (tertiary/aromatic N) is 4. The van der Waals surface area contributed by atoms with Crippen LogP contribution in [-0.4, -0.2) is 31.9 Å². The zero-order valence-corrected chi connectivity index (χ0v) is 14.4. The van der Waals surface area contributed by atoms with Gasteiger partial charge in [0.05, 0.1) is 17.4 Å². The molecule has 2 fully saturated rings. The van der Waals surface area contributed by atoms with Gasteiger partial charge in [0.2, 0.25) is 5.91 Å². The summed E-state index contributed by atoms with van der Waals surface area (Å²) < 4.78 is 1.94. The smallest absolute Gasteiger partial charge is 0.226 e. The third-order valence-corrected chi connectivity index (χ3v) is 5.59. The highest BCUT2D eigenvalue weighted by Gasteiger charge is 2.34. The van der Waals surface area contributed by atoms with E-state index in [0.717, 1.165) is 49.3 Å². The van der Waals surface area contributed by atoms with Gasteiger partial charge in [-0.05, 0) is 45.1 Å². The average molecular weight is 326 g/mol. The van der Waals surface area contributed by atoms with Crippen LogP contribution in [0.2, 0.25) is 0 Å².